The van der Waals surface area contributed by atoms with E-state index in [1.54, 1.807) is 0 Å². The number of anilines is 1. The Hall–Kier alpha value is -0.260. The highest BCUT2D eigenvalue weighted by atomic mass is 79.9. The van der Waals surface area contributed by atoms with Gasteiger partial charge in [0.05, 0.1) is 5.69 Å². The van der Waals surface area contributed by atoms with Gasteiger partial charge in [0.2, 0.25) is 0 Å². The highest BCUT2D eigenvalue weighted by molar-refractivity contribution is 9.11. The van der Waals surface area contributed by atoms with E-state index in [4.69, 9.17) is 0 Å². The van der Waals surface area contributed by atoms with Gasteiger partial charge in [-0.25, -0.2) is 0 Å². The highest BCUT2D eigenvalue weighted by Crippen LogP contribution is 2.34. The molecule has 0 aliphatic heterocycles. The van der Waals surface area contributed by atoms with Crippen LogP contribution in [0.25, 0.3) is 0 Å². The van der Waals surface area contributed by atoms with Crippen LogP contribution in [-0.4, -0.2) is 4.57 Å². The molecule has 2 aromatic rings. The van der Waals surface area contributed by atoms with E-state index in [0.29, 0.717) is 0 Å². The fraction of sp³-hybridized carbons (Fsp3) is 0.333. The van der Waals surface area contributed by atoms with Crippen LogP contribution < -0.4 is 5.32 Å². The van der Waals surface area contributed by atoms with Gasteiger partial charge in [-0.05, 0) is 76.4 Å². The number of halogens is 3. The van der Waals surface area contributed by atoms with Crippen molar-refractivity contribution in [2.24, 2.45) is 0 Å². The fourth-order valence-corrected chi connectivity index (χ4v) is 4.97. The molecule has 0 spiro atoms. The molecule has 0 aliphatic rings. The molecule has 0 fully saturated rings. The zero-order chi connectivity index (χ0) is 14.9. The van der Waals surface area contributed by atoms with Crippen LogP contribution in [0.3, 0.4) is 0 Å². The van der Waals surface area contributed by atoms with Crippen LogP contribution in [0.4, 0.5) is 5.69 Å². The van der Waals surface area contributed by atoms with E-state index < -0.39 is 0 Å². The third-order valence-corrected chi connectivity index (χ3v) is 5.17. The second-order valence-electron chi connectivity index (χ2n) is 4.74. The summed E-state index contributed by atoms with van der Waals surface area (Å²) in [5.74, 6) is 0. The number of nitrogens with one attached hydrogen (secondary N) is 1. The normalized spacial score (nSPS) is 10.9. The lowest BCUT2D eigenvalue weighted by Gasteiger charge is -2.12. The van der Waals surface area contributed by atoms with Crippen LogP contribution in [0, 0.1) is 13.8 Å². The van der Waals surface area contributed by atoms with Gasteiger partial charge in [-0.15, -0.1) is 0 Å². The van der Waals surface area contributed by atoms with Crippen LogP contribution in [0.2, 0.25) is 0 Å². The molecule has 0 bridgehead atoms. The van der Waals surface area contributed by atoms with Gasteiger partial charge >= 0.3 is 0 Å². The third-order valence-electron chi connectivity index (χ3n) is 3.46. The third kappa shape index (κ3) is 3.31. The molecule has 1 aromatic carbocycles. The first-order valence-corrected chi connectivity index (χ1v) is 8.86. The number of rotatable bonds is 4. The molecule has 0 radical (unpaired) electrons. The molecule has 2 nitrogen and oxygen atoms in total. The summed E-state index contributed by atoms with van der Waals surface area (Å²) < 4.78 is 5.47. The predicted octanol–water partition coefficient (Wildman–Crippen LogP) is 6.02. The van der Waals surface area contributed by atoms with Gasteiger partial charge in [0, 0.05) is 37.9 Å². The monoisotopic (exact) mass is 462 g/mol. The van der Waals surface area contributed by atoms with E-state index in [9.17, 15) is 0 Å². The van der Waals surface area contributed by atoms with Crippen LogP contribution in [0.1, 0.15) is 23.9 Å². The molecule has 0 amide bonds. The largest absolute Gasteiger partial charge is 0.379 e. The van der Waals surface area contributed by atoms with Gasteiger partial charge in [0.25, 0.3) is 0 Å². The fourth-order valence-electron chi connectivity index (χ4n) is 2.43. The van der Waals surface area contributed by atoms with E-state index in [0.717, 1.165) is 32.2 Å². The van der Waals surface area contributed by atoms with E-state index in [2.05, 4.69) is 84.5 Å². The maximum absolute atomic E-state index is 3.60. The van der Waals surface area contributed by atoms with Crippen molar-refractivity contribution >= 4 is 53.5 Å². The molecule has 5 heteroatoms. The minimum Gasteiger partial charge on any atom is -0.379 e. The molecule has 1 aromatic heterocycles. The molecule has 0 saturated heterocycles. The Kier molecular flexibility index (Phi) is 5.37. The Morgan fingerprint density at radius 3 is 2.15 bits per heavy atom. The van der Waals surface area contributed by atoms with Crippen LogP contribution in [-0.2, 0) is 13.1 Å². The van der Waals surface area contributed by atoms with Crippen LogP contribution >= 0.6 is 47.8 Å². The number of hydrogen-bond acceptors (Lipinski definition) is 1. The minimum absolute atomic E-state index is 0.818. The highest BCUT2D eigenvalue weighted by Gasteiger charge is 2.10. The van der Waals surface area contributed by atoms with Crippen LogP contribution in [0.15, 0.2) is 31.6 Å². The summed E-state index contributed by atoms with van der Waals surface area (Å²) in [4.78, 5) is 0. The number of aromatic nitrogens is 1. The van der Waals surface area contributed by atoms with E-state index in [-0.39, 0.29) is 0 Å². The molecular formula is C15H17Br3N2. The van der Waals surface area contributed by atoms with Gasteiger partial charge in [-0.2, -0.15) is 0 Å². The molecule has 1 heterocycles. The first-order valence-electron chi connectivity index (χ1n) is 6.48. The van der Waals surface area contributed by atoms with Gasteiger partial charge < -0.3 is 9.88 Å². The Balaban J connectivity index is 2.21. The number of nitrogens with zero attached hydrogens (tertiary/aromatic N) is 1. The smallest absolute Gasteiger partial charge is 0.0632 e. The van der Waals surface area contributed by atoms with Gasteiger partial charge in [0.15, 0.2) is 0 Å². The van der Waals surface area contributed by atoms with E-state index in [1.807, 2.05) is 12.1 Å². The molecule has 0 unspecified atom stereocenters. The maximum atomic E-state index is 3.60. The topological polar surface area (TPSA) is 17.0 Å². The lowest BCUT2D eigenvalue weighted by molar-refractivity contribution is 0.715. The Labute approximate surface area is 145 Å². The van der Waals surface area contributed by atoms with E-state index in [1.165, 1.54) is 17.0 Å². The minimum atomic E-state index is 0.818. The second kappa shape index (κ2) is 6.67. The van der Waals surface area contributed by atoms with Crippen molar-refractivity contribution < 1.29 is 0 Å². The first-order chi connectivity index (χ1) is 9.43. The predicted molar refractivity (Wildman–Crippen MR) is 96.4 cm³/mol. The number of hydrogen-bond donors (Lipinski definition) is 1. The molecule has 108 valence electrons. The second-order valence-corrected chi connectivity index (χ2v) is 7.36. The maximum Gasteiger partial charge on any atom is 0.0632 e. The average Bonchev–Trinajstić information content (AvgIpc) is 2.62. The zero-order valence-electron chi connectivity index (χ0n) is 11.7. The Morgan fingerprint density at radius 2 is 1.65 bits per heavy atom. The van der Waals surface area contributed by atoms with Crippen molar-refractivity contribution in [2.75, 3.05) is 5.32 Å². The molecule has 0 saturated carbocycles. The molecule has 0 aliphatic carbocycles. The summed E-state index contributed by atoms with van der Waals surface area (Å²) in [7, 11) is 0. The van der Waals surface area contributed by atoms with Gasteiger partial charge in [0.1, 0.15) is 0 Å². The van der Waals surface area contributed by atoms with Crippen molar-refractivity contribution in [3.05, 3.63) is 48.6 Å². The van der Waals surface area contributed by atoms with Crippen molar-refractivity contribution in [1.29, 1.82) is 0 Å². The quantitative estimate of drug-likeness (QED) is 0.585. The summed E-state index contributed by atoms with van der Waals surface area (Å²) in [6.45, 7) is 8.35. The van der Waals surface area contributed by atoms with Crippen molar-refractivity contribution in [1.82, 2.24) is 4.57 Å². The summed E-state index contributed by atoms with van der Waals surface area (Å²) in [5, 5.41) is 3.50. The molecule has 0 atom stereocenters. The zero-order valence-corrected chi connectivity index (χ0v) is 16.5. The number of aryl methyl sites for hydroxylation is 1. The Bertz CT molecular complexity index is 609. The molecule has 2 rings (SSSR count). The number of benzene rings is 1. The first kappa shape index (κ1) is 16.1. The summed E-state index contributed by atoms with van der Waals surface area (Å²) >= 11 is 10.7. The Morgan fingerprint density at radius 1 is 1.05 bits per heavy atom. The van der Waals surface area contributed by atoms with Crippen LogP contribution in [0.5, 0.6) is 0 Å². The molecule has 20 heavy (non-hydrogen) atoms. The van der Waals surface area contributed by atoms with Gasteiger partial charge in [-0.1, -0.05) is 15.9 Å². The summed E-state index contributed by atoms with van der Waals surface area (Å²) in [6.07, 6.45) is 0. The summed E-state index contributed by atoms with van der Waals surface area (Å²) in [6, 6.07) is 6.34. The van der Waals surface area contributed by atoms with Crippen molar-refractivity contribution in [3.8, 4) is 0 Å². The van der Waals surface area contributed by atoms with Gasteiger partial charge in [-0.3, -0.25) is 0 Å². The molecular weight excluding hydrogens is 448 g/mol. The standard InChI is InChI=1S/C15H17Br3N2/c1-4-20-9(2)5-11(10(20)3)8-19-15-13(17)6-12(16)7-14(15)18/h5-7,19H,4,8H2,1-3H3. The van der Waals surface area contributed by atoms with Crippen molar-refractivity contribution in [3.63, 3.8) is 0 Å². The summed E-state index contributed by atoms with van der Waals surface area (Å²) in [5.41, 5.74) is 5.07. The lowest BCUT2D eigenvalue weighted by Crippen LogP contribution is -2.04. The van der Waals surface area contributed by atoms with Crippen molar-refractivity contribution in [2.45, 2.75) is 33.9 Å². The SMILES string of the molecule is CCn1c(C)cc(CNc2c(Br)cc(Br)cc2Br)c1C. The average molecular weight is 465 g/mol. The lowest BCUT2D eigenvalue weighted by atomic mass is 10.2. The molecule has 1 N–H and O–H groups in total. The van der Waals surface area contributed by atoms with E-state index >= 15 is 0 Å².